The molecule has 141 heavy (non-hydrogen) atoms. The number of nitrogens with one attached hydrogen (secondary N) is 3. The van der Waals surface area contributed by atoms with Crippen molar-refractivity contribution in [3.05, 3.63) is 147 Å². The Balaban J connectivity index is 0.000000243. The molecule has 0 bridgehead atoms. The highest BCUT2D eigenvalue weighted by molar-refractivity contribution is 8.13. The zero-order valence-corrected chi connectivity index (χ0v) is 86.6. The van der Waals surface area contributed by atoms with Crippen molar-refractivity contribution in [1.82, 2.24) is 61.5 Å². The number of hydrogen-bond acceptors (Lipinski definition) is 29. The molecule has 0 radical (unpaired) electrons. The Labute approximate surface area is 831 Å². The van der Waals surface area contributed by atoms with Crippen LogP contribution in [0.3, 0.4) is 0 Å². The fourth-order valence-electron chi connectivity index (χ4n) is 16.1. The number of amides is 3. The molecular weight excluding hydrogens is 1930 g/mol. The summed E-state index contributed by atoms with van der Waals surface area (Å²) in [6.45, 7) is 29.3. The van der Waals surface area contributed by atoms with Crippen LogP contribution >= 0.6 is 10.7 Å². The number of aromatic nitrogens is 5. The molecule has 0 unspecified atom stereocenters. The second kappa shape index (κ2) is 57.9. The van der Waals surface area contributed by atoms with Crippen molar-refractivity contribution in [3.8, 4) is 34.4 Å². The number of anilines is 2. The number of carboxylic acids is 2. The molecule has 15 N–H and O–H groups in total. The summed E-state index contributed by atoms with van der Waals surface area (Å²) in [4.78, 5) is 88.4. The first-order valence-electron chi connectivity index (χ1n) is 47.8. The number of nitrogen functional groups attached to an aromatic ring is 1. The van der Waals surface area contributed by atoms with Crippen molar-refractivity contribution in [3.63, 3.8) is 0 Å². The highest BCUT2D eigenvalue weighted by Gasteiger charge is 2.35. The van der Waals surface area contributed by atoms with Crippen LogP contribution in [0.1, 0.15) is 188 Å². The molecule has 784 valence electrons. The molecule has 0 spiro atoms. The maximum Gasteiger partial charge on any atom is 0.339 e. The Hall–Kier alpha value is -10.2. The molecule has 4 aliphatic heterocycles. The first-order chi connectivity index (χ1) is 67.2. The number of aliphatic hydroxyl groups excluding tert-OH is 4. The van der Waals surface area contributed by atoms with Gasteiger partial charge in [-0.1, -0.05) is 67.7 Å². The van der Waals surface area contributed by atoms with Crippen LogP contribution in [0.2, 0.25) is 0 Å². The molecule has 8 aromatic rings. The SMILES string of the molecule is CCCOc1ccc(S(=O)(=O)Cl)cc1C(=O)O.CCCOc1ccc(S(=O)(=O)N2CCN(CCCO)CC2)cc1-c1nc2c(CCC)cn(C)c2c(=O)[nH]1.CCCOc1ccc(S(=O)(=O)N2CCN(CCCO)CC2)cc1C(=O)Nc1c(CCC)cn(C)c1C(N)=O.CCCOc1ccc(S(=O)(=O)N2CCN(CCCO)CC2)cc1C(=O)O.CCCc1cn(C)c(C(N)=O)c1N.OCCCN1CCNCC1. The number of ether oxygens (including phenoxy) is 4. The van der Waals surface area contributed by atoms with Gasteiger partial charge in [0.05, 0.1) is 74.0 Å². The Kier molecular flexibility index (Phi) is 48.4. The zero-order chi connectivity index (χ0) is 104. The molecule has 8 heterocycles. The lowest BCUT2D eigenvalue weighted by molar-refractivity contribution is 0.0680. The average Bonchev–Trinajstić information content (AvgIpc) is 1.58. The number of sulfonamides is 3. The van der Waals surface area contributed by atoms with Crippen LogP contribution < -0.4 is 52.3 Å². The Bertz CT molecular complexity index is 5950. The fourth-order valence-corrected chi connectivity index (χ4v) is 21.2. The van der Waals surface area contributed by atoms with Gasteiger partial charge in [-0.25, -0.2) is 48.2 Å². The van der Waals surface area contributed by atoms with E-state index in [0.717, 1.165) is 120 Å². The number of aromatic carboxylic acids is 2. The highest BCUT2D eigenvalue weighted by atomic mass is 35.7. The van der Waals surface area contributed by atoms with Gasteiger partial charge < -0.3 is 116 Å². The lowest BCUT2D eigenvalue weighted by Gasteiger charge is -2.33. The van der Waals surface area contributed by atoms with E-state index in [1.807, 2.05) is 54.1 Å². The Morgan fingerprint density at radius 2 is 0.780 bits per heavy atom. The van der Waals surface area contributed by atoms with E-state index in [-0.39, 0.29) is 90.4 Å². The largest absolute Gasteiger partial charge is 0.493 e. The third-order valence-corrected chi connectivity index (χ3v) is 30.3. The van der Waals surface area contributed by atoms with Gasteiger partial charge in [-0.3, -0.25) is 19.2 Å². The van der Waals surface area contributed by atoms with Crippen molar-refractivity contribution in [2.24, 2.45) is 32.6 Å². The predicted octanol–water partition coefficient (Wildman–Crippen LogP) is 7.06. The standard InChI is InChI=1S/C26H39N5O6S.C26H37N5O5S.C17H26N2O6S.C10H11ClO5S.C9H15N3O.C7H16N2O/c1-4-7-19-18-29(3)24(25(27)33)23(19)28-26(34)21-17-20(8-9-22(21)37-16-5-2)38(35,36)31-13-11-30(12-14-31)10-6-15-32;1-4-7-19-18-29(3)24-23(19)27-25(28-26(24)33)21-17-20(8-9-22(21)36-16-5-2)37(34,35)31-13-11-30(12-14-31)10-6-15-32;1-2-12-25-16-5-4-14(13-15(16)17(21)22)26(23,24)19-9-7-18(8-10-19)6-3-11-20;1-2-5-16-9-4-3-7(17(11,14)15)6-8(9)10(12)13;1-3-4-6-5-12(2)8(7(6)10)9(11)13;10-7-1-4-9-5-2-8-3-6-9/h8-9,17-18,32H,4-7,10-16H2,1-3H3,(H2,27,33)(H,28,34);8-9,17-18,32H,4-7,10-16H2,1-3H3,(H,27,28,33);4-5,13,20H,2-3,6-12H2,1H3,(H,21,22);3-4,6H,2,5H2,1H3,(H,12,13);5H,3-4,10H2,1-2H3,(H2,11,13);8,10H,1-7H2. The van der Waals surface area contributed by atoms with Gasteiger partial charge in [0.1, 0.15) is 56.9 Å². The highest BCUT2D eigenvalue weighted by Crippen LogP contribution is 2.36. The van der Waals surface area contributed by atoms with E-state index in [1.165, 1.54) is 61.4 Å². The number of carboxylic acid groups (broad SMARTS) is 2. The lowest BCUT2D eigenvalue weighted by Crippen LogP contribution is -2.48. The van der Waals surface area contributed by atoms with Crippen LogP contribution in [0.25, 0.3) is 22.4 Å². The number of nitrogens with two attached hydrogens (primary N) is 3. The summed E-state index contributed by atoms with van der Waals surface area (Å²) < 4.78 is 134. The van der Waals surface area contributed by atoms with Gasteiger partial charge in [0.15, 0.2) is 0 Å². The van der Waals surface area contributed by atoms with Gasteiger partial charge in [-0.2, -0.15) is 12.9 Å². The molecule has 12 rings (SSSR count). The summed E-state index contributed by atoms with van der Waals surface area (Å²) in [5, 5.41) is 60.0. The number of carbonyl (C=O) groups excluding carboxylic acids is 3. The van der Waals surface area contributed by atoms with Crippen LogP contribution in [-0.4, -0.2) is 334 Å². The second-order valence-electron chi connectivity index (χ2n) is 34.0. The first-order valence-corrected chi connectivity index (χ1v) is 54.5. The number of fused-ring (bicyclic) bond motifs is 1. The minimum atomic E-state index is -3.94. The van der Waals surface area contributed by atoms with Crippen LogP contribution in [0, 0.1) is 0 Å². The number of piperazine rings is 4. The third kappa shape index (κ3) is 33.7. The van der Waals surface area contributed by atoms with Gasteiger partial charge in [0.2, 0.25) is 30.1 Å². The maximum absolute atomic E-state index is 13.6. The quantitative estimate of drug-likeness (QED) is 0.0170. The monoisotopic (exact) mass is 2070 g/mol. The Morgan fingerprint density at radius 3 is 1.16 bits per heavy atom. The van der Waals surface area contributed by atoms with Crippen molar-refractivity contribution < 1.29 is 107 Å². The first kappa shape index (κ1) is 118. The van der Waals surface area contributed by atoms with Crippen molar-refractivity contribution in [2.45, 2.75) is 158 Å². The van der Waals surface area contributed by atoms with Crippen molar-refractivity contribution >= 4 is 102 Å². The Morgan fingerprint density at radius 1 is 0.440 bits per heavy atom. The zero-order valence-electron chi connectivity index (χ0n) is 82.6. The summed E-state index contributed by atoms with van der Waals surface area (Å²) in [5.41, 5.74) is 21.7. The average molecular weight is 2070 g/mol. The number of H-pyrrole nitrogens is 1. The lowest BCUT2D eigenvalue weighted by atomic mass is 10.1. The number of aliphatic hydroxyl groups is 4. The van der Waals surface area contributed by atoms with Gasteiger partial charge in [-0.15, -0.1) is 0 Å². The fraction of sp³-hybridized carbons (Fsp3) is 0.547. The van der Waals surface area contributed by atoms with Crippen LogP contribution in [0.5, 0.6) is 23.0 Å². The van der Waals surface area contributed by atoms with E-state index in [2.05, 4.69) is 49.1 Å². The van der Waals surface area contributed by atoms with E-state index in [9.17, 15) is 67.5 Å². The molecule has 0 saturated carbocycles. The van der Waals surface area contributed by atoms with Gasteiger partial charge in [0, 0.05) is 208 Å². The predicted molar refractivity (Wildman–Crippen MR) is 540 cm³/mol. The van der Waals surface area contributed by atoms with E-state index < -0.39 is 68.8 Å². The summed E-state index contributed by atoms with van der Waals surface area (Å²) in [6.07, 6.45) is 16.3. The molecular formula is C95H144ClN17O24S4. The maximum atomic E-state index is 13.6. The number of benzene rings is 4. The van der Waals surface area contributed by atoms with Crippen molar-refractivity contribution in [1.29, 1.82) is 0 Å². The molecule has 4 aliphatic rings. The summed E-state index contributed by atoms with van der Waals surface area (Å²) in [5.74, 6) is -2.90. The normalized spacial score (nSPS) is 14.9. The topological polar surface area (TPSA) is 566 Å². The van der Waals surface area contributed by atoms with Crippen LogP contribution in [0.15, 0.2) is 116 Å². The van der Waals surface area contributed by atoms with E-state index in [4.69, 9.17) is 77.3 Å². The summed E-state index contributed by atoms with van der Waals surface area (Å²) in [6, 6.07) is 16.5. The third-order valence-electron chi connectivity index (χ3n) is 23.3. The number of carbonyl (C=O) groups is 5. The molecule has 4 aromatic carbocycles. The summed E-state index contributed by atoms with van der Waals surface area (Å²) >= 11 is 0. The van der Waals surface area contributed by atoms with Gasteiger partial charge >= 0.3 is 11.9 Å². The number of primary amides is 2. The van der Waals surface area contributed by atoms with E-state index in [1.54, 1.807) is 52.2 Å². The molecule has 0 atom stereocenters. The molecule has 3 amide bonds. The number of aryl methyl sites for hydroxylation is 6. The minimum Gasteiger partial charge on any atom is -0.493 e. The summed E-state index contributed by atoms with van der Waals surface area (Å²) in [7, 11) is -4.92. The number of halogens is 1. The number of aromatic amines is 1. The van der Waals surface area contributed by atoms with Crippen molar-refractivity contribution in [2.75, 3.05) is 195 Å². The molecule has 46 heteroatoms. The van der Waals surface area contributed by atoms with E-state index >= 15 is 0 Å². The van der Waals surface area contributed by atoms with Gasteiger partial charge in [0.25, 0.3) is 32.3 Å². The smallest absolute Gasteiger partial charge is 0.339 e. The van der Waals surface area contributed by atoms with Gasteiger partial charge in [-0.05, 0) is 160 Å². The molecule has 4 fully saturated rings. The molecule has 4 aromatic heterocycles. The molecule has 4 saturated heterocycles. The molecule has 0 aliphatic carbocycles. The van der Waals surface area contributed by atoms with E-state index in [0.29, 0.717) is 196 Å². The second-order valence-corrected chi connectivity index (χ2v) is 42.4. The number of hydrogen-bond donors (Lipinski definition) is 12. The van der Waals surface area contributed by atoms with Crippen LogP contribution in [0.4, 0.5) is 11.4 Å². The molecule has 41 nitrogen and oxygen atoms in total. The number of nitrogens with zero attached hydrogens (tertiary/aromatic N) is 11. The number of rotatable bonds is 44. The minimum absolute atomic E-state index is 0.00715. The van der Waals surface area contributed by atoms with Crippen LogP contribution in [-0.2, 0) is 79.5 Å².